The van der Waals surface area contributed by atoms with Crippen LogP contribution >= 0.6 is 0 Å². The summed E-state index contributed by atoms with van der Waals surface area (Å²) in [5, 5.41) is 2.41. The van der Waals surface area contributed by atoms with Gasteiger partial charge in [0.15, 0.2) is 0 Å². The minimum absolute atomic E-state index is 0.609. The first-order valence-electron chi connectivity index (χ1n) is 21.6. The fourth-order valence-electron chi connectivity index (χ4n) is 10.2. The highest BCUT2D eigenvalue weighted by Crippen LogP contribution is 2.56. The molecule has 298 valence electrons. The van der Waals surface area contributed by atoms with Crippen LogP contribution in [0.4, 0.5) is 22.7 Å². The van der Waals surface area contributed by atoms with Gasteiger partial charge in [0, 0.05) is 34.5 Å². The largest absolute Gasteiger partial charge is 0.457 e. The Morgan fingerprint density at radius 3 is 1.71 bits per heavy atom. The zero-order valence-electron chi connectivity index (χ0n) is 34.5. The van der Waals surface area contributed by atoms with Gasteiger partial charge in [0.05, 0.1) is 28.2 Å². The number of hydrogen-bond donors (Lipinski definition) is 0. The van der Waals surface area contributed by atoms with Crippen molar-refractivity contribution in [2.75, 3.05) is 16.5 Å². The lowest BCUT2D eigenvalue weighted by Crippen LogP contribution is -2.29. The average molecular weight is 808 g/mol. The number of ether oxygens (including phenoxy) is 1. The molecule has 4 heteroatoms. The van der Waals surface area contributed by atoms with Crippen LogP contribution in [0.5, 0.6) is 11.5 Å². The van der Waals surface area contributed by atoms with E-state index in [1.807, 2.05) is 12.3 Å². The van der Waals surface area contributed by atoms with Crippen molar-refractivity contribution in [3.63, 3.8) is 0 Å². The lowest BCUT2D eigenvalue weighted by atomic mass is 9.70. The summed E-state index contributed by atoms with van der Waals surface area (Å²) in [7, 11) is 0. The quantitative estimate of drug-likeness (QED) is 0.153. The zero-order valence-corrected chi connectivity index (χ0v) is 34.5. The summed E-state index contributed by atoms with van der Waals surface area (Å²) in [5.41, 5.74) is 15.7. The number of aromatic nitrogens is 1. The molecule has 0 radical (unpaired) electrons. The lowest BCUT2D eigenvalue weighted by Gasteiger charge is -2.32. The second kappa shape index (κ2) is 15.1. The average Bonchev–Trinajstić information content (AvgIpc) is 3.90. The molecule has 0 unspecified atom stereocenters. The third-order valence-electron chi connectivity index (χ3n) is 12.8. The van der Waals surface area contributed by atoms with Gasteiger partial charge in [0.1, 0.15) is 18.2 Å². The molecule has 2 aliphatic rings. The number of anilines is 4. The molecule has 12 rings (SSSR count). The predicted octanol–water partition coefficient (Wildman–Crippen LogP) is 15.0. The van der Waals surface area contributed by atoms with Crippen LogP contribution in [-0.4, -0.2) is 11.7 Å². The highest BCUT2D eigenvalue weighted by atomic mass is 16.5. The van der Waals surface area contributed by atoms with Crippen molar-refractivity contribution in [1.29, 1.82) is 0 Å². The van der Waals surface area contributed by atoms with E-state index in [-0.39, 0.29) is 0 Å². The molecule has 2 heterocycles. The summed E-state index contributed by atoms with van der Waals surface area (Å²) in [6.45, 7) is 0.609. The molecule has 1 aromatic heterocycles. The molecule has 0 fully saturated rings. The third-order valence-corrected chi connectivity index (χ3v) is 12.8. The first-order chi connectivity index (χ1) is 31.3. The summed E-state index contributed by atoms with van der Waals surface area (Å²) in [6, 6.07) is 82.3. The Bertz CT molecular complexity index is 3210. The number of benzene rings is 9. The maximum atomic E-state index is 6.90. The van der Waals surface area contributed by atoms with Crippen molar-refractivity contribution in [2.24, 2.45) is 0 Å². The van der Waals surface area contributed by atoms with Crippen LogP contribution < -0.4 is 14.5 Å². The number of fused-ring (bicyclic) bond motifs is 6. The van der Waals surface area contributed by atoms with Crippen LogP contribution in [0.1, 0.15) is 22.4 Å². The van der Waals surface area contributed by atoms with Gasteiger partial charge in [-0.2, -0.15) is 0 Å². The molecule has 1 aliphatic carbocycles. The van der Waals surface area contributed by atoms with Crippen molar-refractivity contribution in [3.05, 3.63) is 259 Å². The van der Waals surface area contributed by atoms with Gasteiger partial charge in [0.25, 0.3) is 0 Å². The highest BCUT2D eigenvalue weighted by molar-refractivity contribution is 6.09. The van der Waals surface area contributed by atoms with Gasteiger partial charge in [-0.1, -0.05) is 182 Å². The van der Waals surface area contributed by atoms with Gasteiger partial charge < -0.3 is 14.5 Å². The van der Waals surface area contributed by atoms with E-state index in [4.69, 9.17) is 9.72 Å². The molecule has 0 bridgehead atoms. The Kier molecular flexibility index (Phi) is 8.75. The summed E-state index contributed by atoms with van der Waals surface area (Å²) in [6.07, 6.45) is 1.90. The Hall–Kier alpha value is -8.21. The van der Waals surface area contributed by atoms with Crippen molar-refractivity contribution in [1.82, 2.24) is 4.98 Å². The Morgan fingerprint density at radius 2 is 1.02 bits per heavy atom. The minimum atomic E-state index is -0.615. The van der Waals surface area contributed by atoms with Crippen LogP contribution in [0, 0.1) is 0 Å². The van der Waals surface area contributed by atoms with Gasteiger partial charge in [-0.15, -0.1) is 0 Å². The molecule has 0 atom stereocenters. The fourth-order valence-corrected chi connectivity index (χ4v) is 10.2. The molecular formula is C59H41N3O. The molecule has 1 aliphatic heterocycles. The number of rotatable bonds is 8. The van der Waals surface area contributed by atoms with Gasteiger partial charge in [-0.25, -0.2) is 0 Å². The SMILES string of the molecule is c1ccc(-c2cccc(-c3ccccc3)c2N2CN(c3cccc(Oc4cccc(C5(c6ccccn6)c6ccccc6-c6ccccc65)c4)c3)c3ccc4ccccc4c32)cc1. The van der Waals surface area contributed by atoms with E-state index in [0.29, 0.717) is 6.67 Å². The lowest BCUT2D eigenvalue weighted by molar-refractivity contribution is 0.481. The summed E-state index contributed by atoms with van der Waals surface area (Å²) < 4.78 is 6.90. The first-order valence-corrected chi connectivity index (χ1v) is 21.6. The molecule has 0 saturated carbocycles. The molecule has 0 spiro atoms. The maximum absolute atomic E-state index is 6.90. The molecule has 4 nitrogen and oxygen atoms in total. The normalized spacial score (nSPS) is 13.4. The van der Waals surface area contributed by atoms with E-state index >= 15 is 0 Å². The Morgan fingerprint density at radius 1 is 0.429 bits per heavy atom. The predicted molar refractivity (Wildman–Crippen MR) is 258 cm³/mol. The van der Waals surface area contributed by atoms with Crippen LogP contribution in [0.25, 0.3) is 44.2 Å². The summed E-state index contributed by atoms with van der Waals surface area (Å²) >= 11 is 0. The number of nitrogens with zero attached hydrogens (tertiary/aromatic N) is 3. The number of para-hydroxylation sites is 1. The summed E-state index contributed by atoms with van der Waals surface area (Å²) in [5.74, 6) is 1.53. The monoisotopic (exact) mass is 807 g/mol. The Labute approximate surface area is 367 Å². The van der Waals surface area contributed by atoms with Gasteiger partial charge in [-0.3, -0.25) is 4.98 Å². The first kappa shape index (κ1) is 36.6. The number of hydrogen-bond acceptors (Lipinski definition) is 4. The highest BCUT2D eigenvalue weighted by Gasteiger charge is 2.47. The molecule has 10 aromatic rings. The topological polar surface area (TPSA) is 28.6 Å². The maximum Gasteiger partial charge on any atom is 0.129 e. The van der Waals surface area contributed by atoms with E-state index in [2.05, 4.69) is 234 Å². The molecular weight excluding hydrogens is 767 g/mol. The van der Waals surface area contributed by atoms with E-state index in [1.165, 1.54) is 66.7 Å². The molecule has 0 amide bonds. The van der Waals surface area contributed by atoms with E-state index in [9.17, 15) is 0 Å². The van der Waals surface area contributed by atoms with Gasteiger partial charge >= 0.3 is 0 Å². The van der Waals surface area contributed by atoms with E-state index < -0.39 is 5.41 Å². The van der Waals surface area contributed by atoms with Crippen molar-refractivity contribution in [2.45, 2.75) is 5.41 Å². The fraction of sp³-hybridized carbons (Fsp3) is 0.0339. The summed E-state index contributed by atoms with van der Waals surface area (Å²) in [4.78, 5) is 9.98. The number of pyridine rings is 1. The second-order valence-corrected chi connectivity index (χ2v) is 16.3. The zero-order chi connectivity index (χ0) is 41.7. The third kappa shape index (κ3) is 5.94. The van der Waals surface area contributed by atoms with Crippen molar-refractivity contribution >= 4 is 33.5 Å². The molecule has 0 N–H and O–H groups in total. The van der Waals surface area contributed by atoms with E-state index in [0.717, 1.165) is 34.1 Å². The Balaban J connectivity index is 0.968. The standard InChI is InChI=1S/C59H41N3O/c1-3-18-41(19-4-1)48-30-17-31-49(42-20-5-2-6-21-42)57(48)62-40-61(55-36-35-43-22-7-8-27-50(43)58(55)62)45-24-16-26-47(39-45)63-46-25-15-23-44(38-46)59(56-34-13-14-37-60-56)53-32-11-9-28-51(53)52-29-10-12-33-54(52)59/h1-39H,40H2. The van der Waals surface area contributed by atoms with E-state index in [1.54, 1.807) is 0 Å². The van der Waals surface area contributed by atoms with Crippen LogP contribution in [0.2, 0.25) is 0 Å². The smallest absolute Gasteiger partial charge is 0.129 e. The molecule has 63 heavy (non-hydrogen) atoms. The minimum Gasteiger partial charge on any atom is -0.457 e. The van der Waals surface area contributed by atoms with Crippen molar-refractivity contribution < 1.29 is 4.74 Å². The second-order valence-electron chi connectivity index (χ2n) is 16.3. The molecule has 0 saturated heterocycles. The van der Waals surface area contributed by atoms with Gasteiger partial charge in [0.2, 0.25) is 0 Å². The van der Waals surface area contributed by atoms with Crippen LogP contribution in [-0.2, 0) is 5.41 Å². The van der Waals surface area contributed by atoms with Crippen LogP contribution in [0.3, 0.4) is 0 Å². The van der Waals surface area contributed by atoms with Gasteiger partial charge in [-0.05, 0) is 86.8 Å². The molecule has 9 aromatic carbocycles. The van der Waals surface area contributed by atoms with Crippen molar-refractivity contribution in [3.8, 4) is 44.9 Å². The van der Waals surface area contributed by atoms with Crippen LogP contribution in [0.15, 0.2) is 237 Å².